The summed E-state index contributed by atoms with van der Waals surface area (Å²) in [6.07, 6.45) is 8.77. The molecular weight excluding hydrogens is 464 g/mol. The zero-order chi connectivity index (χ0) is 24.8. The highest BCUT2D eigenvalue weighted by Crippen LogP contribution is 2.28. The molecule has 2 fully saturated rings. The number of anilines is 3. The predicted octanol–water partition coefficient (Wildman–Crippen LogP) is 4.67. The van der Waals surface area contributed by atoms with Gasteiger partial charge in [0.1, 0.15) is 10.8 Å². The van der Waals surface area contributed by atoms with Crippen molar-refractivity contribution in [1.29, 1.82) is 0 Å². The highest BCUT2D eigenvalue weighted by atomic mass is 35.5. The number of halogens is 1. The Labute approximate surface area is 213 Å². The van der Waals surface area contributed by atoms with Crippen LogP contribution in [0.5, 0.6) is 0 Å². The van der Waals surface area contributed by atoms with Crippen LogP contribution >= 0.6 is 11.6 Å². The molecule has 0 spiro atoms. The van der Waals surface area contributed by atoms with E-state index in [9.17, 15) is 0 Å². The van der Waals surface area contributed by atoms with Crippen LogP contribution in [0.3, 0.4) is 0 Å². The molecule has 2 aliphatic rings. The monoisotopic (exact) mass is 502 g/mol. The zero-order valence-electron chi connectivity index (χ0n) is 21.3. The molecule has 35 heavy (non-hydrogen) atoms. The van der Waals surface area contributed by atoms with Crippen molar-refractivity contribution >= 4 is 29.1 Å². The Hall–Kier alpha value is -2.52. The van der Waals surface area contributed by atoms with Gasteiger partial charge in [-0.1, -0.05) is 18.5 Å². The molecule has 2 aromatic rings. The number of aryl methyl sites for hydroxylation is 1. The zero-order valence-corrected chi connectivity index (χ0v) is 22.0. The van der Waals surface area contributed by atoms with Crippen LogP contribution in [0.4, 0.5) is 17.5 Å². The summed E-state index contributed by atoms with van der Waals surface area (Å²) >= 11 is 6.37. The third-order valence-corrected chi connectivity index (χ3v) is 7.11. The number of piperidine rings is 1. The molecule has 2 N–H and O–H groups in total. The molecule has 4 heterocycles. The molecule has 0 atom stereocenters. The largest absolute Gasteiger partial charge is 0.479 e. The fourth-order valence-corrected chi connectivity index (χ4v) is 4.85. The van der Waals surface area contributed by atoms with E-state index >= 15 is 0 Å². The molecule has 0 unspecified atom stereocenters. The second-order valence-corrected chi connectivity index (χ2v) is 9.97. The maximum absolute atomic E-state index is 6.37. The van der Waals surface area contributed by atoms with Gasteiger partial charge in [-0.3, -0.25) is 4.68 Å². The summed E-state index contributed by atoms with van der Waals surface area (Å²) < 4.78 is 7.65. The van der Waals surface area contributed by atoms with Crippen molar-refractivity contribution < 1.29 is 4.74 Å². The van der Waals surface area contributed by atoms with Crippen LogP contribution in [0.15, 0.2) is 24.9 Å². The molecular formula is C25H39ClN8O. The van der Waals surface area contributed by atoms with Crippen molar-refractivity contribution in [2.75, 3.05) is 50.0 Å². The number of hydrogen-bond acceptors (Lipinski definition) is 8. The molecule has 2 saturated heterocycles. The molecule has 9 nitrogen and oxygen atoms in total. The number of ether oxygens (including phenoxy) is 1. The van der Waals surface area contributed by atoms with E-state index < -0.39 is 0 Å². The minimum Gasteiger partial charge on any atom is -0.479 e. The van der Waals surface area contributed by atoms with Gasteiger partial charge in [0.05, 0.1) is 30.2 Å². The third kappa shape index (κ3) is 6.58. The summed E-state index contributed by atoms with van der Waals surface area (Å²) in [5.41, 5.74) is 1.98. The number of nitrogens with one attached hydrogen (secondary N) is 2. The van der Waals surface area contributed by atoms with Crippen molar-refractivity contribution in [2.24, 2.45) is 0 Å². The minimum atomic E-state index is 0.426. The molecule has 4 rings (SSSR count). The Bertz CT molecular complexity index is 986. The Balaban J connectivity index is 1.35. The lowest BCUT2D eigenvalue weighted by atomic mass is 10.0. The summed E-state index contributed by atoms with van der Waals surface area (Å²) in [5, 5.41) is 12.1. The lowest BCUT2D eigenvalue weighted by Gasteiger charge is -2.34. The van der Waals surface area contributed by atoms with Crippen molar-refractivity contribution in [3.05, 3.63) is 35.6 Å². The summed E-state index contributed by atoms with van der Waals surface area (Å²) in [6, 6.07) is 1.02. The quantitative estimate of drug-likeness (QED) is 0.453. The van der Waals surface area contributed by atoms with Crippen molar-refractivity contribution in [1.82, 2.24) is 29.5 Å². The van der Waals surface area contributed by atoms with Crippen LogP contribution < -0.4 is 10.6 Å². The average molecular weight is 503 g/mol. The second kappa shape index (κ2) is 11.9. The van der Waals surface area contributed by atoms with Crippen molar-refractivity contribution in [3.8, 4) is 0 Å². The Morgan fingerprint density at radius 1 is 1.26 bits per heavy atom. The van der Waals surface area contributed by atoms with E-state index in [1.54, 1.807) is 6.20 Å². The number of rotatable bonds is 10. The van der Waals surface area contributed by atoms with Gasteiger partial charge in [-0.25, -0.2) is 4.98 Å². The molecule has 0 aromatic carbocycles. The van der Waals surface area contributed by atoms with Gasteiger partial charge in [0.15, 0.2) is 5.88 Å². The van der Waals surface area contributed by atoms with Gasteiger partial charge >= 0.3 is 0 Å². The summed E-state index contributed by atoms with van der Waals surface area (Å²) in [4.78, 5) is 13.7. The van der Waals surface area contributed by atoms with Gasteiger partial charge < -0.3 is 25.2 Å². The highest BCUT2D eigenvalue weighted by molar-refractivity contribution is 6.32. The van der Waals surface area contributed by atoms with Crippen molar-refractivity contribution in [3.63, 3.8) is 0 Å². The van der Waals surface area contributed by atoms with Crippen LogP contribution in [0.2, 0.25) is 5.02 Å². The van der Waals surface area contributed by atoms with E-state index in [-0.39, 0.29) is 0 Å². The van der Waals surface area contributed by atoms with E-state index in [1.165, 1.54) is 0 Å². The first kappa shape index (κ1) is 25.6. The minimum absolute atomic E-state index is 0.426. The Kier molecular flexibility index (Phi) is 8.73. The fourth-order valence-electron chi connectivity index (χ4n) is 4.69. The van der Waals surface area contributed by atoms with Crippen LogP contribution in [-0.2, 0) is 11.2 Å². The lowest BCUT2D eigenvalue weighted by molar-refractivity contribution is 0.0660. The Morgan fingerprint density at radius 2 is 2.06 bits per heavy atom. The van der Waals surface area contributed by atoms with Crippen LogP contribution in [0.1, 0.15) is 58.2 Å². The normalized spacial score (nSPS) is 17.6. The maximum Gasteiger partial charge on any atom is 0.229 e. The molecule has 10 heteroatoms. The standard InChI is InChI=1S/C25H39ClN8O/c1-5-22-23(17-34(31-22)20-8-13-32(14-9-20)18(2)3)29-25-28-16-21(26)24(30-25)27-10-6-11-33-12-7-15-35-19(33)4/h16-18,20H,4-15H2,1-3H3,(H2,27,28,29,30). The number of hydrogen-bond donors (Lipinski definition) is 2. The highest BCUT2D eigenvalue weighted by Gasteiger charge is 2.24. The molecule has 0 bridgehead atoms. The maximum atomic E-state index is 6.37. The van der Waals surface area contributed by atoms with Crippen molar-refractivity contribution in [2.45, 2.75) is 65.0 Å². The second-order valence-electron chi connectivity index (χ2n) is 9.56. The van der Waals surface area contributed by atoms with Crippen LogP contribution in [0, 0.1) is 0 Å². The summed E-state index contributed by atoms with van der Waals surface area (Å²) in [5.74, 6) is 1.91. The van der Waals surface area contributed by atoms with Crippen LogP contribution in [0.25, 0.3) is 0 Å². The van der Waals surface area contributed by atoms with Gasteiger partial charge in [0.2, 0.25) is 5.95 Å². The fraction of sp³-hybridized carbons (Fsp3) is 0.640. The SMILES string of the molecule is C=C1OCCCN1CCCNc1nc(Nc2cn(C3CCN(C(C)C)CC3)nc2CC)ncc1Cl. The lowest BCUT2D eigenvalue weighted by Crippen LogP contribution is -2.39. The molecule has 0 saturated carbocycles. The topological polar surface area (TPSA) is 83.4 Å². The first-order chi connectivity index (χ1) is 16.9. The van der Waals surface area contributed by atoms with E-state index in [4.69, 9.17) is 21.4 Å². The molecule has 0 radical (unpaired) electrons. The molecule has 0 amide bonds. The summed E-state index contributed by atoms with van der Waals surface area (Å²) in [7, 11) is 0. The average Bonchev–Trinajstić information content (AvgIpc) is 3.27. The first-order valence-electron chi connectivity index (χ1n) is 12.9. The smallest absolute Gasteiger partial charge is 0.229 e. The molecule has 192 valence electrons. The van der Waals surface area contributed by atoms with Gasteiger partial charge in [-0.15, -0.1) is 0 Å². The number of aromatic nitrogens is 4. The summed E-state index contributed by atoms with van der Waals surface area (Å²) in [6.45, 7) is 16.2. The van der Waals surface area contributed by atoms with Gasteiger partial charge in [0, 0.05) is 45.0 Å². The van der Waals surface area contributed by atoms with E-state index in [2.05, 4.69) is 68.6 Å². The number of nitrogens with zero attached hydrogens (tertiary/aromatic N) is 6. The van der Waals surface area contributed by atoms with Gasteiger partial charge in [-0.2, -0.15) is 10.1 Å². The van der Waals surface area contributed by atoms with Crippen LogP contribution in [-0.4, -0.2) is 74.9 Å². The number of likely N-dealkylation sites (tertiary alicyclic amines) is 1. The van der Waals surface area contributed by atoms with E-state index in [0.717, 1.165) is 88.7 Å². The predicted molar refractivity (Wildman–Crippen MR) is 141 cm³/mol. The Morgan fingerprint density at radius 3 is 2.77 bits per heavy atom. The van der Waals surface area contributed by atoms with Gasteiger partial charge in [0.25, 0.3) is 0 Å². The third-order valence-electron chi connectivity index (χ3n) is 6.83. The van der Waals surface area contributed by atoms with E-state index in [0.29, 0.717) is 28.9 Å². The molecule has 0 aliphatic carbocycles. The van der Waals surface area contributed by atoms with E-state index in [1.807, 2.05) is 0 Å². The molecule has 2 aromatic heterocycles. The molecule has 2 aliphatic heterocycles. The van der Waals surface area contributed by atoms with Gasteiger partial charge in [-0.05, 0) is 52.5 Å². The first-order valence-corrected chi connectivity index (χ1v) is 13.2.